The molecule has 272 valence electrons. The monoisotopic (exact) mass is 662 g/mol. The van der Waals surface area contributed by atoms with Gasteiger partial charge in [0.25, 0.3) is 0 Å². The summed E-state index contributed by atoms with van der Waals surface area (Å²) in [5.74, 6) is 1.77. The maximum atomic E-state index is 6.34. The molecule has 48 heavy (non-hydrogen) atoms. The molecule has 1 aromatic heterocycles. The molecule has 2 aromatic rings. The maximum Gasteiger partial charge on any atom is 0.161 e. The Labute approximate surface area is 298 Å². The summed E-state index contributed by atoms with van der Waals surface area (Å²) < 4.78 is 12.6. The normalized spacial score (nSPS) is 11.5. The van der Waals surface area contributed by atoms with E-state index in [1.54, 1.807) is 0 Å². The lowest BCUT2D eigenvalue weighted by Crippen LogP contribution is -2.03. The minimum absolute atomic E-state index is 0.755. The summed E-state index contributed by atoms with van der Waals surface area (Å²) >= 11 is 0. The van der Waals surface area contributed by atoms with Crippen LogP contribution in [0.2, 0.25) is 0 Å². The molecule has 1 heterocycles. The highest BCUT2D eigenvalue weighted by Gasteiger charge is 2.07. The molecule has 1 aromatic carbocycles. The molecule has 0 aliphatic rings. The van der Waals surface area contributed by atoms with Gasteiger partial charge in [-0.05, 0) is 48.2 Å². The van der Waals surface area contributed by atoms with Crippen LogP contribution in [-0.2, 0) is 0 Å². The van der Waals surface area contributed by atoms with Gasteiger partial charge < -0.3 is 9.47 Å². The first-order chi connectivity index (χ1) is 23.8. The number of nitrogens with zero attached hydrogens (tertiary/aromatic N) is 1. The number of ether oxygens (including phenoxy) is 2. The smallest absolute Gasteiger partial charge is 0.161 e. The van der Waals surface area contributed by atoms with Crippen LogP contribution in [0.1, 0.15) is 205 Å². The molecular formula is C45H75NO2. The van der Waals surface area contributed by atoms with E-state index in [-0.39, 0.29) is 0 Å². The molecule has 0 spiro atoms. The van der Waals surface area contributed by atoms with Crippen molar-refractivity contribution in [3.63, 3.8) is 0 Å². The van der Waals surface area contributed by atoms with Crippen LogP contribution in [0.5, 0.6) is 11.5 Å². The van der Waals surface area contributed by atoms with Crippen molar-refractivity contribution in [3.8, 4) is 11.5 Å². The van der Waals surface area contributed by atoms with E-state index in [4.69, 9.17) is 9.47 Å². The van der Waals surface area contributed by atoms with Gasteiger partial charge in [-0.1, -0.05) is 199 Å². The number of hydrogen-bond acceptors (Lipinski definition) is 3. The molecule has 0 bridgehead atoms. The highest BCUT2D eigenvalue weighted by Crippen LogP contribution is 2.30. The van der Waals surface area contributed by atoms with Gasteiger partial charge in [-0.3, -0.25) is 4.98 Å². The van der Waals surface area contributed by atoms with Crippen LogP contribution in [0.4, 0.5) is 0 Å². The van der Waals surface area contributed by atoms with Crippen LogP contribution < -0.4 is 9.47 Å². The molecule has 0 N–H and O–H groups in total. The molecule has 0 aliphatic heterocycles. The number of hydrogen-bond donors (Lipinski definition) is 0. The number of aromatic nitrogens is 1. The van der Waals surface area contributed by atoms with E-state index in [2.05, 4.69) is 49.2 Å². The first kappa shape index (κ1) is 41.9. The Morgan fingerprint density at radius 3 is 1.17 bits per heavy atom. The van der Waals surface area contributed by atoms with E-state index in [0.29, 0.717) is 0 Å². The summed E-state index contributed by atoms with van der Waals surface area (Å²) in [6.45, 7) is 6.11. The molecule has 0 amide bonds. The number of pyridine rings is 1. The summed E-state index contributed by atoms with van der Waals surface area (Å²) in [7, 11) is 0. The van der Waals surface area contributed by atoms with Crippen LogP contribution >= 0.6 is 0 Å². The topological polar surface area (TPSA) is 31.4 Å². The van der Waals surface area contributed by atoms with E-state index >= 15 is 0 Å². The van der Waals surface area contributed by atoms with Gasteiger partial charge >= 0.3 is 0 Å². The molecule has 0 aliphatic carbocycles. The lowest BCUT2D eigenvalue weighted by Gasteiger charge is -2.14. The fourth-order valence-corrected chi connectivity index (χ4v) is 6.48. The first-order valence-electron chi connectivity index (χ1n) is 20.8. The van der Waals surface area contributed by atoms with Crippen molar-refractivity contribution in [2.75, 3.05) is 13.2 Å². The summed E-state index contributed by atoms with van der Waals surface area (Å²) in [6.07, 6.45) is 46.3. The predicted molar refractivity (Wildman–Crippen MR) is 211 cm³/mol. The van der Waals surface area contributed by atoms with E-state index in [9.17, 15) is 0 Å². The number of unbranched alkanes of at least 4 members (excludes halogenated alkanes) is 26. The fraction of sp³-hybridized carbons (Fsp3) is 0.711. The van der Waals surface area contributed by atoms with Crippen molar-refractivity contribution >= 4 is 12.2 Å². The molecule has 3 nitrogen and oxygen atoms in total. The largest absolute Gasteiger partial charge is 0.490 e. The zero-order valence-electron chi connectivity index (χ0n) is 31.7. The standard InChI is InChI=1S/C45H75NO2/c1-3-5-7-9-11-13-15-17-19-21-23-25-27-29-39-47-44-34-33-43(32-31-42-35-37-46-38-36-42)41-45(44)48-40-30-28-26-24-22-20-18-16-14-12-10-8-6-4-2/h31-38,41H,3-30,39-40H2,1-2H3/b32-31+. The van der Waals surface area contributed by atoms with Crippen LogP contribution in [0, 0.1) is 0 Å². The van der Waals surface area contributed by atoms with Gasteiger partial charge in [0.1, 0.15) is 0 Å². The SMILES string of the molecule is CCCCCCCCCCCCCCCCOc1ccc(/C=C/c2ccncc2)cc1OCCCCCCCCCCCCCCCC. The van der Waals surface area contributed by atoms with Gasteiger partial charge in [0, 0.05) is 12.4 Å². The summed E-state index contributed by atoms with van der Waals surface area (Å²) in [5.41, 5.74) is 2.28. The van der Waals surface area contributed by atoms with E-state index in [1.807, 2.05) is 24.5 Å². The third kappa shape index (κ3) is 23.9. The molecule has 0 saturated heterocycles. The van der Waals surface area contributed by atoms with Crippen molar-refractivity contribution in [2.24, 2.45) is 0 Å². The average molecular weight is 662 g/mol. The van der Waals surface area contributed by atoms with Gasteiger partial charge in [0.2, 0.25) is 0 Å². The van der Waals surface area contributed by atoms with Gasteiger partial charge in [-0.2, -0.15) is 0 Å². The maximum absolute atomic E-state index is 6.34. The predicted octanol–water partition coefficient (Wildman–Crippen LogP) is 15.0. The molecule has 3 heteroatoms. The Hall–Kier alpha value is -2.29. The van der Waals surface area contributed by atoms with Crippen molar-refractivity contribution in [2.45, 2.75) is 194 Å². The molecule has 0 unspecified atom stereocenters. The molecule has 0 radical (unpaired) electrons. The second-order valence-corrected chi connectivity index (χ2v) is 14.2. The minimum Gasteiger partial charge on any atom is -0.490 e. The number of benzene rings is 1. The Kier molecular flexibility index (Phi) is 27.9. The van der Waals surface area contributed by atoms with Crippen molar-refractivity contribution in [1.82, 2.24) is 4.98 Å². The lowest BCUT2D eigenvalue weighted by molar-refractivity contribution is 0.258. The molecule has 0 fully saturated rings. The second kappa shape index (κ2) is 31.9. The highest BCUT2D eigenvalue weighted by atomic mass is 16.5. The van der Waals surface area contributed by atoms with Crippen LogP contribution in [0.15, 0.2) is 42.7 Å². The highest BCUT2D eigenvalue weighted by molar-refractivity contribution is 5.70. The van der Waals surface area contributed by atoms with Crippen molar-refractivity contribution in [3.05, 3.63) is 53.9 Å². The minimum atomic E-state index is 0.755. The fourth-order valence-electron chi connectivity index (χ4n) is 6.48. The van der Waals surface area contributed by atoms with E-state index < -0.39 is 0 Å². The Bertz CT molecular complexity index is 988. The second-order valence-electron chi connectivity index (χ2n) is 14.2. The molecule has 0 atom stereocenters. The molecule has 2 rings (SSSR count). The quantitative estimate of drug-likeness (QED) is 0.0699. The molecular weight excluding hydrogens is 587 g/mol. The van der Waals surface area contributed by atoms with Crippen LogP contribution in [0.25, 0.3) is 12.2 Å². The zero-order chi connectivity index (χ0) is 34.0. The van der Waals surface area contributed by atoms with Gasteiger partial charge in [0.05, 0.1) is 13.2 Å². The van der Waals surface area contributed by atoms with Gasteiger partial charge in [-0.15, -0.1) is 0 Å². The van der Waals surface area contributed by atoms with Crippen LogP contribution in [0.3, 0.4) is 0 Å². The third-order valence-corrected chi connectivity index (χ3v) is 9.65. The third-order valence-electron chi connectivity index (χ3n) is 9.65. The summed E-state index contributed by atoms with van der Waals surface area (Å²) in [6, 6.07) is 10.4. The number of rotatable bonds is 34. The lowest BCUT2D eigenvalue weighted by atomic mass is 10.0. The Morgan fingerprint density at radius 2 is 0.750 bits per heavy atom. The Morgan fingerprint density at radius 1 is 0.396 bits per heavy atom. The van der Waals surface area contributed by atoms with Crippen molar-refractivity contribution in [1.29, 1.82) is 0 Å². The van der Waals surface area contributed by atoms with Gasteiger partial charge in [-0.25, -0.2) is 0 Å². The van der Waals surface area contributed by atoms with Crippen LogP contribution in [-0.4, -0.2) is 18.2 Å². The van der Waals surface area contributed by atoms with E-state index in [1.165, 1.54) is 167 Å². The first-order valence-corrected chi connectivity index (χ1v) is 20.8. The average Bonchev–Trinajstić information content (AvgIpc) is 3.11. The van der Waals surface area contributed by atoms with E-state index in [0.717, 1.165) is 48.7 Å². The van der Waals surface area contributed by atoms with Gasteiger partial charge in [0.15, 0.2) is 11.5 Å². The summed E-state index contributed by atoms with van der Waals surface area (Å²) in [5, 5.41) is 0. The zero-order valence-corrected chi connectivity index (χ0v) is 31.7. The summed E-state index contributed by atoms with van der Waals surface area (Å²) in [4.78, 5) is 4.13. The molecule has 0 saturated carbocycles. The Balaban J connectivity index is 1.61. The van der Waals surface area contributed by atoms with Crippen molar-refractivity contribution < 1.29 is 9.47 Å².